The van der Waals surface area contributed by atoms with Gasteiger partial charge in [-0.2, -0.15) is 0 Å². The molecule has 0 radical (unpaired) electrons. The van der Waals surface area contributed by atoms with E-state index in [1.54, 1.807) is 7.11 Å². The maximum Gasteiger partial charge on any atom is 0.137 e. The first-order valence-corrected chi connectivity index (χ1v) is 4.73. The number of methoxy groups -OCH3 is 1. The van der Waals surface area contributed by atoms with Crippen LogP contribution in [0.5, 0.6) is 5.75 Å². The second-order valence-corrected chi connectivity index (χ2v) is 3.65. The molecule has 0 saturated heterocycles. The van der Waals surface area contributed by atoms with Crippen molar-refractivity contribution in [3.63, 3.8) is 0 Å². The standard InChI is InChI=1S/C11H14N2O/c1-8(2)10-7-13-6-9(14-3)4-5-11(13)12-10/h4-8H,1-3H3. The lowest BCUT2D eigenvalue weighted by Crippen LogP contribution is -1.86. The Morgan fingerprint density at radius 1 is 1.29 bits per heavy atom. The smallest absolute Gasteiger partial charge is 0.137 e. The summed E-state index contributed by atoms with van der Waals surface area (Å²) in [4.78, 5) is 4.50. The van der Waals surface area contributed by atoms with Crippen molar-refractivity contribution in [2.45, 2.75) is 19.8 Å². The van der Waals surface area contributed by atoms with Crippen molar-refractivity contribution < 1.29 is 4.74 Å². The molecule has 0 N–H and O–H groups in total. The van der Waals surface area contributed by atoms with Gasteiger partial charge >= 0.3 is 0 Å². The number of hydrogen-bond donors (Lipinski definition) is 0. The van der Waals surface area contributed by atoms with E-state index in [1.807, 2.05) is 28.9 Å². The summed E-state index contributed by atoms with van der Waals surface area (Å²) < 4.78 is 7.14. The first kappa shape index (κ1) is 9.06. The van der Waals surface area contributed by atoms with E-state index in [2.05, 4.69) is 18.8 Å². The maximum absolute atomic E-state index is 5.14. The summed E-state index contributed by atoms with van der Waals surface area (Å²) in [5, 5.41) is 0. The van der Waals surface area contributed by atoms with Gasteiger partial charge in [0, 0.05) is 6.20 Å². The third-order valence-corrected chi connectivity index (χ3v) is 2.27. The Morgan fingerprint density at radius 2 is 2.07 bits per heavy atom. The van der Waals surface area contributed by atoms with E-state index >= 15 is 0 Å². The molecule has 74 valence electrons. The monoisotopic (exact) mass is 190 g/mol. The molecule has 0 amide bonds. The van der Waals surface area contributed by atoms with Crippen molar-refractivity contribution in [1.82, 2.24) is 9.38 Å². The number of hydrogen-bond acceptors (Lipinski definition) is 2. The molecule has 0 aliphatic carbocycles. The zero-order valence-electron chi connectivity index (χ0n) is 8.69. The average Bonchev–Trinajstić information content (AvgIpc) is 2.59. The molecule has 0 aromatic carbocycles. The number of ether oxygens (including phenoxy) is 1. The van der Waals surface area contributed by atoms with Crippen molar-refractivity contribution in [2.24, 2.45) is 0 Å². The number of pyridine rings is 1. The minimum atomic E-state index is 0.459. The Morgan fingerprint density at radius 3 is 2.71 bits per heavy atom. The van der Waals surface area contributed by atoms with E-state index in [0.29, 0.717) is 5.92 Å². The topological polar surface area (TPSA) is 26.5 Å². The van der Waals surface area contributed by atoms with Crippen LogP contribution in [-0.2, 0) is 0 Å². The molecule has 0 atom stereocenters. The lowest BCUT2D eigenvalue weighted by atomic mass is 10.2. The summed E-state index contributed by atoms with van der Waals surface area (Å²) in [6.07, 6.45) is 3.98. The minimum Gasteiger partial charge on any atom is -0.495 e. The van der Waals surface area contributed by atoms with Gasteiger partial charge in [0.2, 0.25) is 0 Å². The summed E-state index contributed by atoms with van der Waals surface area (Å²) in [6, 6.07) is 3.89. The predicted molar refractivity (Wildman–Crippen MR) is 55.8 cm³/mol. The molecule has 0 fully saturated rings. The van der Waals surface area contributed by atoms with Crippen LogP contribution in [-0.4, -0.2) is 16.5 Å². The van der Waals surface area contributed by atoms with E-state index in [1.165, 1.54) is 0 Å². The minimum absolute atomic E-state index is 0.459. The SMILES string of the molecule is COc1ccc2nc(C(C)C)cn2c1. The van der Waals surface area contributed by atoms with Gasteiger partial charge in [0.15, 0.2) is 0 Å². The van der Waals surface area contributed by atoms with Gasteiger partial charge < -0.3 is 9.14 Å². The Labute approximate surface area is 83.3 Å². The lowest BCUT2D eigenvalue weighted by Gasteiger charge is -1.98. The first-order valence-electron chi connectivity index (χ1n) is 4.73. The molecular formula is C11H14N2O. The van der Waals surface area contributed by atoms with Crippen molar-refractivity contribution in [3.8, 4) is 5.75 Å². The van der Waals surface area contributed by atoms with Gasteiger partial charge in [-0.25, -0.2) is 4.98 Å². The van der Waals surface area contributed by atoms with E-state index in [4.69, 9.17) is 4.74 Å². The van der Waals surface area contributed by atoms with Gasteiger partial charge in [-0.1, -0.05) is 13.8 Å². The fraction of sp³-hybridized carbons (Fsp3) is 0.364. The summed E-state index contributed by atoms with van der Waals surface area (Å²) in [7, 11) is 1.67. The zero-order valence-corrected chi connectivity index (χ0v) is 8.69. The second-order valence-electron chi connectivity index (χ2n) is 3.65. The molecule has 2 heterocycles. The number of nitrogens with zero attached hydrogens (tertiary/aromatic N) is 2. The van der Waals surface area contributed by atoms with E-state index < -0.39 is 0 Å². The average molecular weight is 190 g/mol. The molecule has 3 nitrogen and oxygen atoms in total. The molecule has 2 aromatic rings. The molecule has 2 aromatic heterocycles. The van der Waals surface area contributed by atoms with E-state index in [9.17, 15) is 0 Å². The highest BCUT2D eigenvalue weighted by Gasteiger charge is 2.05. The lowest BCUT2D eigenvalue weighted by molar-refractivity contribution is 0.412. The van der Waals surface area contributed by atoms with Gasteiger partial charge in [0.25, 0.3) is 0 Å². The molecule has 14 heavy (non-hydrogen) atoms. The fourth-order valence-corrected chi connectivity index (χ4v) is 1.39. The molecule has 0 spiro atoms. The number of aromatic nitrogens is 2. The van der Waals surface area contributed by atoms with Gasteiger partial charge in [-0.05, 0) is 18.1 Å². The molecule has 0 aliphatic heterocycles. The molecule has 3 heteroatoms. The fourth-order valence-electron chi connectivity index (χ4n) is 1.39. The quantitative estimate of drug-likeness (QED) is 0.727. The van der Waals surface area contributed by atoms with Crippen LogP contribution in [0.4, 0.5) is 0 Å². The molecule has 0 aliphatic rings. The summed E-state index contributed by atoms with van der Waals surface area (Å²) in [5.41, 5.74) is 2.08. The molecular weight excluding hydrogens is 176 g/mol. The summed E-state index contributed by atoms with van der Waals surface area (Å²) >= 11 is 0. The van der Waals surface area contributed by atoms with Crippen molar-refractivity contribution in [3.05, 3.63) is 30.2 Å². The third kappa shape index (κ3) is 1.45. The van der Waals surface area contributed by atoms with Crippen LogP contribution in [0.25, 0.3) is 5.65 Å². The van der Waals surface area contributed by atoms with Crippen LogP contribution in [0.1, 0.15) is 25.5 Å². The Bertz CT molecular complexity index is 445. The van der Waals surface area contributed by atoms with Gasteiger partial charge in [-0.15, -0.1) is 0 Å². The second kappa shape index (κ2) is 3.33. The van der Waals surface area contributed by atoms with Gasteiger partial charge in [0.05, 0.1) is 19.0 Å². The highest BCUT2D eigenvalue weighted by molar-refractivity contribution is 5.43. The van der Waals surface area contributed by atoms with E-state index in [-0.39, 0.29) is 0 Å². The van der Waals surface area contributed by atoms with Crippen molar-refractivity contribution in [2.75, 3.05) is 7.11 Å². The third-order valence-electron chi connectivity index (χ3n) is 2.27. The number of rotatable bonds is 2. The highest BCUT2D eigenvalue weighted by atomic mass is 16.5. The van der Waals surface area contributed by atoms with Gasteiger partial charge in [0.1, 0.15) is 11.4 Å². The molecule has 2 rings (SSSR count). The largest absolute Gasteiger partial charge is 0.495 e. The molecule has 0 saturated carbocycles. The Balaban J connectivity index is 2.54. The van der Waals surface area contributed by atoms with E-state index in [0.717, 1.165) is 17.1 Å². The normalized spacial score (nSPS) is 11.1. The zero-order chi connectivity index (χ0) is 10.1. The summed E-state index contributed by atoms with van der Waals surface area (Å²) in [6.45, 7) is 4.28. The number of imidazole rings is 1. The van der Waals surface area contributed by atoms with Crippen LogP contribution in [0.2, 0.25) is 0 Å². The molecule has 0 unspecified atom stereocenters. The van der Waals surface area contributed by atoms with Crippen molar-refractivity contribution in [1.29, 1.82) is 0 Å². The van der Waals surface area contributed by atoms with Crippen LogP contribution < -0.4 is 4.74 Å². The Hall–Kier alpha value is -1.51. The summed E-state index contributed by atoms with van der Waals surface area (Å²) in [5.74, 6) is 1.31. The predicted octanol–water partition coefficient (Wildman–Crippen LogP) is 2.47. The van der Waals surface area contributed by atoms with Crippen LogP contribution in [0.15, 0.2) is 24.5 Å². The van der Waals surface area contributed by atoms with Crippen molar-refractivity contribution >= 4 is 5.65 Å². The van der Waals surface area contributed by atoms with Crippen LogP contribution >= 0.6 is 0 Å². The van der Waals surface area contributed by atoms with Crippen LogP contribution in [0.3, 0.4) is 0 Å². The first-order chi connectivity index (χ1) is 6.70. The van der Waals surface area contributed by atoms with Gasteiger partial charge in [-0.3, -0.25) is 0 Å². The molecule has 0 bridgehead atoms. The Kier molecular flexibility index (Phi) is 2.15. The van der Waals surface area contributed by atoms with Crippen LogP contribution in [0, 0.1) is 0 Å². The maximum atomic E-state index is 5.14. The highest BCUT2D eigenvalue weighted by Crippen LogP contribution is 2.17. The number of fused-ring (bicyclic) bond motifs is 1.